The van der Waals surface area contributed by atoms with Gasteiger partial charge in [0.1, 0.15) is 5.75 Å². The predicted molar refractivity (Wildman–Crippen MR) is 92.5 cm³/mol. The fourth-order valence-corrected chi connectivity index (χ4v) is 3.64. The molecule has 1 aromatic rings. The number of esters is 1. The Balaban J connectivity index is 2.41. The largest absolute Gasteiger partial charge is 0.483 e. The molecule has 1 saturated carbocycles. The highest BCUT2D eigenvalue weighted by Gasteiger charge is 2.44. The summed E-state index contributed by atoms with van der Waals surface area (Å²) in [5, 5.41) is 0.265. The van der Waals surface area contributed by atoms with Crippen molar-refractivity contribution >= 4 is 40.2 Å². The SMILES string of the molecule is CCOC(=O)C1(c2cc(Cl)c(I)c(OCC(F)(F)F)c2)CCCC1. The molecule has 1 aliphatic rings. The van der Waals surface area contributed by atoms with Crippen LogP contribution in [0.3, 0.4) is 0 Å². The van der Waals surface area contributed by atoms with Gasteiger partial charge >= 0.3 is 12.1 Å². The van der Waals surface area contributed by atoms with Gasteiger partial charge in [-0.05, 0) is 60.1 Å². The lowest BCUT2D eigenvalue weighted by molar-refractivity contribution is -0.154. The number of hydrogen-bond acceptors (Lipinski definition) is 3. The Labute approximate surface area is 157 Å². The number of rotatable bonds is 5. The highest BCUT2D eigenvalue weighted by atomic mass is 127. The second kappa shape index (κ2) is 7.68. The Kier molecular flexibility index (Phi) is 6.28. The Bertz CT molecular complexity index is 613. The maximum absolute atomic E-state index is 12.5. The molecule has 0 unspecified atom stereocenters. The summed E-state index contributed by atoms with van der Waals surface area (Å²) in [7, 11) is 0. The lowest BCUT2D eigenvalue weighted by Gasteiger charge is -2.28. The molecule has 0 aliphatic heterocycles. The minimum atomic E-state index is -4.45. The van der Waals surface area contributed by atoms with E-state index in [1.54, 1.807) is 13.0 Å². The maximum atomic E-state index is 12.5. The predicted octanol–water partition coefficient (Wildman–Crippen LogP) is 5.26. The van der Waals surface area contributed by atoms with Crippen molar-refractivity contribution in [1.82, 2.24) is 0 Å². The number of carbonyl (C=O) groups is 1. The minimum Gasteiger partial charge on any atom is -0.483 e. The van der Waals surface area contributed by atoms with Crippen LogP contribution < -0.4 is 4.74 Å². The van der Waals surface area contributed by atoms with Gasteiger partial charge in [0.25, 0.3) is 0 Å². The summed E-state index contributed by atoms with van der Waals surface area (Å²) in [6.45, 7) is 0.560. The van der Waals surface area contributed by atoms with E-state index in [4.69, 9.17) is 21.1 Å². The van der Waals surface area contributed by atoms with Gasteiger partial charge in [0, 0.05) is 0 Å². The van der Waals surface area contributed by atoms with Crippen LogP contribution in [-0.4, -0.2) is 25.4 Å². The molecule has 0 aromatic heterocycles. The second-order valence-electron chi connectivity index (χ2n) is 5.68. The van der Waals surface area contributed by atoms with Crippen LogP contribution in [0, 0.1) is 3.57 Å². The van der Waals surface area contributed by atoms with Crippen LogP contribution in [0.4, 0.5) is 13.2 Å². The molecule has 1 aliphatic carbocycles. The molecule has 134 valence electrons. The fraction of sp³-hybridized carbons (Fsp3) is 0.562. The van der Waals surface area contributed by atoms with E-state index in [0.29, 0.717) is 22.0 Å². The van der Waals surface area contributed by atoms with Gasteiger partial charge in [0.05, 0.1) is 20.6 Å². The summed E-state index contributed by atoms with van der Waals surface area (Å²) >= 11 is 8.00. The number of carbonyl (C=O) groups excluding carboxylic acids is 1. The van der Waals surface area contributed by atoms with Crippen molar-refractivity contribution in [1.29, 1.82) is 0 Å². The van der Waals surface area contributed by atoms with Crippen LogP contribution >= 0.6 is 34.2 Å². The van der Waals surface area contributed by atoms with Crippen molar-refractivity contribution < 1.29 is 27.4 Å². The van der Waals surface area contributed by atoms with Crippen LogP contribution in [0.15, 0.2) is 12.1 Å². The van der Waals surface area contributed by atoms with E-state index in [1.165, 1.54) is 6.07 Å². The molecule has 0 saturated heterocycles. The van der Waals surface area contributed by atoms with E-state index in [1.807, 2.05) is 22.6 Å². The molecule has 0 atom stereocenters. The summed E-state index contributed by atoms with van der Waals surface area (Å²) in [4.78, 5) is 12.5. The molecule has 1 fully saturated rings. The summed E-state index contributed by atoms with van der Waals surface area (Å²) < 4.78 is 47.8. The van der Waals surface area contributed by atoms with Gasteiger partial charge in [-0.2, -0.15) is 13.2 Å². The first-order chi connectivity index (χ1) is 11.2. The summed E-state index contributed by atoms with van der Waals surface area (Å²) in [6, 6.07) is 3.12. The first-order valence-corrected chi connectivity index (χ1v) is 9.01. The van der Waals surface area contributed by atoms with Gasteiger partial charge < -0.3 is 9.47 Å². The highest BCUT2D eigenvalue weighted by Crippen LogP contribution is 2.45. The van der Waals surface area contributed by atoms with Crippen molar-refractivity contribution in [3.05, 3.63) is 26.3 Å². The zero-order valence-electron chi connectivity index (χ0n) is 13.0. The fourth-order valence-electron chi connectivity index (χ4n) is 2.96. The van der Waals surface area contributed by atoms with Gasteiger partial charge in [0.15, 0.2) is 6.61 Å². The lowest BCUT2D eigenvalue weighted by Crippen LogP contribution is -2.35. The Morgan fingerprint density at radius 1 is 1.33 bits per heavy atom. The molecular weight excluding hydrogens is 460 g/mol. The van der Waals surface area contributed by atoms with Crippen LogP contribution in [0.2, 0.25) is 5.02 Å². The van der Waals surface area contributed by atoms with E-state index in [2.05, 4.69) is 0 Å². The monoisotopic (exact) mass is 476 g/mol. The third-order valence-corrected chi connectivity index (χ3v) is 5.79. The van der Waals surface area contributed by atoms with Crippen LogP contribution in [-0.2, 0) is 14.9 Å². The molecule has 0 bridgehead atoms. The number of halogens is 5. The van der Waals surface area contributed by atoms with E-state index < -0.39 is 18.2 Å². The van der Waals surface area contributed by atoms with E-state index in [-0.39, 0.29) is 23.3 Å². The average molecular weight is 477 g/mol. The van der Waals surface area contributed by atoms with Gasteiger partial charge in [-0.3, -0.25) is 4.79 Å². The molecular formula is C16H17ClF3IO3. The number of alkyl halides is 3. The van der Waals surface area contributed by atoms with E-state index in [9.17, 15) is 18.0 Å². The minimum absolute atomic E-state index is 0.0333. The Morgan fingerprint density at radius 3 is 2.50 bits per heavy atom. The van der Waals surface area contributed by atoms with Gasteiger partial charge in [-0.1, -0.05) is 24.4 Å². The van der Waals surface area contributed by atoms with Crippen LogP contribution in [0.1, 0.15) is 38.2 Å². The molecule has 0 amide bonds. The first kappa shape index (κ1) is 19.6. The van der Waals surface area contributed by atoms with E-state index in [0.717, 1.165) is 12.8 Å². The highest BCUT2D eigenvalue weighted by molar-refractivity contribution is 14.1. The lowest BCUT2D eigenvalue weighted by atomic mass is 9.79. The maximum Gasteiger partial charge on any atom is 0.422 e. The molecule has 0 radical (unpaired) electrons. The van der Waals surface area contributed by atoms with Crippen molar-refractivity contribution in [3.63, 3.8) is 0 Å². The van der Waals surface area contributed by atoms with Crippen molar-refractivity contribution in [2.75, 3.05) is 13.2 Å². The second-order valence-corrected chi connectivity index (χ2v) is 7.17. The normalized spacial score (nSPS) is 16.9. The third kappa shape index (κ3) is 4.28. The summed E-state index contributed by atoms with van der Waals surface area (Å²) in [6.07, 6.45) is -1.58. The summed E-state index contributed by atoms with van der Waals surface area (Å²) in [5.74, 6) is -0.326. The molecule has 0 N–H and O–H groups in total. The third-order valence-electron chi connectivity index (χ3n) is 4.06. The van der Waals surface area contributed by atoms with Crippen LogP contribution in [0.5, 0.6) is 5.75 Å². The van der Waals surface area contributed by atoms with Crippen molar-refractivity contribution in [2.45, 2.75) is 44.2 Å². The van der Waals surface area contributed by atoms with Crippen molar-refractivity contribution in [2.24, 2.45) is 0 Å². The topological polar surface area (TPSA) is 35.5 Å². The Hall–Kier alpha value is -0.700. The molecule has 3 nitrogen and oxygen atoms in total. The average Bonchev–Trinajstić information content (AvgIpc) is 2.99. The molecule has 24 heavy (non-hydrogen) atoms. The van der Waals surface area contributed by atoms with Crippen molar-refractivity contribution in [3.8, 4) is 5.75 Å². The zero-order chi connectivity index (χ0) is 18.0. The van der Waals surface area contributed by atoms with Gasteiger partial charge in [-0.25, -0.2) is 0 Å². The molecule has 0 heterocycles. The summed E-state index contributed by atoms with van der Waals surface area (Å²) in [5.41, 5.74) is -0.304. The molecule has 0 spiro atoms. The standard InChI is InChI=1S/C16H17ClF3IO3/c1-2-23-14(22)15(5-3-4-6-15)10-7-11(17)13(21)12(8-10)24-9-16(18,19)20/h7-8H,2-6,9H2,1H3. The number of hydrogen-bond donors (Lipinski definition) is 0. The van der Waals surface area contributed by atoms with Crippen LogP contribution in [0.25, 0.3) is 0 Å². The van der Waals surface area contributed by atoms with Gasteiger partial charge in [0.2, 0.25) is 0 Å². The molecule has 8 heteroatoms. The quantitative estimate of drug-likeness (QED) is 0.430. The first-order valence-electron chi connectivity index (χ1n) is 7.56. The van der Waals surface area contributed by atoms with E-state index >= 15 is 0 Å². The molecule has 1 aromatic carbocycles. The van der Waals surface area contributed by atoms with Gasteiger partial charge in [-0.15, -0.1) is 0 Å². The number of ether oxygens (including phenoxy) is 2. The zero-order valence-corrected chi connectivity index (χ0v) is 15.9. The molecule has 2 rings (SSSR count). The number of benzene rings is 1. The smallest absolute Gasteiger partial charge is 0.422 e. The Morgan fingerprint density at radius 2 is 1.96 bits per heavy atom.